The highest BCUT2D eigenvalue weighted by molar-refractivity contribution is 7.19. The van der Waals surface area contributed by atoms with Gasteiger partial charge in [0.05, 0.1) is 25.0 Å². The first-order valence-electron chi connectivity index (χ1n) is 9.84. The number of nitrogens with one attached hydrogen (secondary N) is 1. The van der Waals surface area contributed by atoms with Gasteiger partial charge in [0.2, 0.25) is 0 Å². The number of carbonyl (C=O) groups excluding carboxylic acids is 1. The lowest BCUT2D eigenvalue weighted by atomic mass is 10.2. The molecule has 8 heteroatoms. The number of hydrogen-bond donors (Lipinski definition) is 1. The normalized spacial score (nSPS) is 13.5. The molecule has 3 aromatic heterocycles. The van der Waals surface area contributed by atoms with Crippen molar-refractivity contribution in [2.45, 2.75) is 32.2 Å². The molecule has 0 atom stereocenters. The van der Waals surface area contributed by atoms with Crippen LogP contribution in [0.25, 0.3) is 16.2 Å². The van der Waals surface area contributed by atoms with Gasteiger partial charge in [0, 0.05) is 29.1 Å². The van der Waals surface area contributed by atoms with Crippen molar-refractivity contribution in [1.29, 1.82) is 0 Å². The molecule has 1 aromatic carbocycles. The number of hydrogen-bond acceptors (Lipinski definition) is 6. The van der Waals surface area contributed by atoms with Crippen LogP contribution in [0.15, 0.2) is 42.9 Å². The SMILES string of the molecule is COc1ccc(-c2cn3c(C)c(C(=O)NCc4cc(C5CC5)ncn4)sc3n2)cc1. The zero-order chi connectivity index (χ0) is 20.7. The summed E-state index contributed by atoms with van der Waals surface area (Å²) in [5, 5.41) is 2.98. The molecule has 0 unspecified atom stereocenters. The molecule has 1 saturated carbocycles. The largest absolute Gasteiger partial charge is 0.497 e. The van der Waals surface area contributed by atoms with Crippen molar-refractivity contribution in [2.75, 3.05) is 7.11 Å². The minimum Gasteiger partial charge on any atom is -0.497 e. The minimum atomic E-state index is -0.111. The Morgan fingerprint density at radius 3 is 2.77 bits per heavy atom. The van der Waals surface area contributed by atoms with Crippen LogP contribution in [0.3, 0.4) is 0 Å². The van der Waals surface area contributed by atoms with E-state index in [2.05, 4.69) is 15.3 Å². The van der Waals surface area contributed by atoms with E-state index in [0.717, 1.165) is 39.0 Å². The number of fused-ring (bicyclic) bond motifs is 1. The number of thiazole rings is 1. The van der Waals surface area contributed by atoms with Crippen LogP contribution in [0.2, 0.25) is 0 Å². The van der Waals surface area contributed by atoms with Gasteiger partial charge >= 0.3 is 0 Å². The van der Waals surface area contributed by atoms with Crippen LogP contribution in [0, 0.1) is 6.92 Å². The van der Waals surface area contributed by atoms with Crippen LogP contribution in [0.5, 0.6) is 5.75 Å². The summed E-state index contributed by atoms with van der Waals surface area (Å²) in [7, 11) is 1.65. The molecule has 30 heavy (non-hydrogen) atoms. The van der Waals surface area contributed by atoms with Gasteiger partial charge in [-0.15, -0.1) is 0 Å². The summed E-state index contributed by atoms with van der Waals surface area (Å²) in [6.07, 6.45) is 5.93. The zero-order valence-corrected chi connectivity index (χ0v) is 17.6. The Morgan fingerprint density at radius 1 is 1.27 bits per heavy atom. The number of aromatic nitrogens is 4. The van der Waals surface area contributed by atoms with Crippen molar-refractivity contribution in [3.63, 3.8) is 0 Å². The molecule has 0 saturated heterocycles. The lowest BCUT2D eigenvalue weighted by Gasteiger charge is -2.05. The quantitative estimate of drug-likeness (QED) is 0.511. The summed E-state index contributed by atoms with van der Waals surface area (Å²) in [6, 6.07) is 9.78. The van der Waals surface area contributed by atoms with Gasteiger partial charge in [-0.05, 0) is 50.1 Å². The molecule has 0 bridgehead atoms. The number of ether oxygens (including phenoxy) is 1. The van der Waals surface area contributed by atoms with Gasteiger partial charge in [-0.1, -0.05) is 11.3 Å². The first kappa shape index (κ1) is 18.7. The fraction of sp³-hybridized carbons (Fsp3) is 0.273. The Balaban J connectivity index is 1.32. The van der Waals surface area contributed by atoms with Crippen LogP contribution in [0.1, 0.15) is 45.5 Å². The van der Waals surface area contributed by atoms with Gasteiger partial charge < -0.3 is 10.1 Å². The highest BCUT2D eigenvalue weighted by Crippen LogP contribution is 2.38. The molecule has 0 radical (unpaired) electrons. The number of benzene rings is 1. The number of amides is 1. The zero-order valence-electron chi connectivity index (χ0n) is 16.8. The first-order valence-corrected chi connectivity index (χ1v) is 10.7. The highest BCUT2D eigenvalue weighted by Gasteiger charge is 2.25. The first-order chi connectivity index (χ1) is 14.6. The van der Waals surface area contributed by atoms with E-state index in [1.165, 1.54) is 24.2 Å². The molecule has 1 aliphatic rings. The smallest absolute Gasteiger partial charge is 0.263 e. The molecular formula is C22H21N5O2S. The van der Waals surface area contributed by atoms with Crippen LogP contribution in [-0.4, -0.2) is 32.4 Å². The lowest BCUT2D eigenvalue weighted by Crippen LogP contribution is -2.23. The molecule has 7 nitrogen and oxygen atoms in total. The average molecular weight is 420 g/mol. The van der Waals surface area contributed by atoms with Crippen LogP contribution in [-0.2, 0) is 6.54 Å². The fourth-order valence-corrected chi connectivity index (χ4v) is 4.45. The molecule has 1 N–H and O–H groups in total. The molecule has 152 valence electrons. The van der Waals surface area contributed by atoms with E-state index < -0.39 is 0 Å². The van der Waals surface area contributed by atoms with E-state index in [-0.39, 0.29) is 5.91 Å². The molecule has 3 heterocycles. The lowest BCUT2D eigenvalue weighted by molar-refractivity contribution is 0.0953. The number of aryl methyl sites for hydroxylation is 1. The average Bonchev–Trinajstić information content (AvgIpc) is 3.48. The topological polar surface area (TPSA) is 81.4 Å². The second-order valence-electron chi connectivity index (χ2n) is 7.41. The number of nitrogens with zero attached hydrogens (tertiary/aromatic N) is 4. The van der Waals surface area contributed by atoms with E-state index in [0.29, 0.717) is 17.3 Å². The summed E-state index contributed by atoms with van der Waals surface area (Å²) >= 11 is 1.39. The monoisotopic (exact) mass is 419 g/mol. The van der Waals surface area contributed by atoms with Crippen LogP contribution < -0.4 is 10.1 Å². The fourth-order valence-electron chi connectivity index (χ4n) is 3.43. The summed E-state index contributed by atoms with van der Waals surface area (Å²) in [6.45, 7) is 2.33. The summed E-state index contributed by atoms with van der Waals surface area (Å²) in [5.41, 5.74) is 4.66. The van der Waals surface area contributed by atoms with Gasteiger partial charge in [0.25, 0.3) is 5.91 Å². The Kier molecular flexibility index (Phi) is 4.71. The summed E-state index contributed by atoms with van der Waals surface area (Å²) in [5.74, 6) is 1.26. The second kappa shape index (κ2) is 7.53. The predicted octanol–water partition coefficient (Wildman–Crippen LogP) is 3.98. The van der Waals surface area contributed by atoms with E-state index in [9.17, 15) is 4.79 Å². The van der Waals surface area contributed by atoms with Crippen molar-refractivity contribution in [1.82, 2.24) is 24.7 Å². The minimum absolute atomic E-state index is 0.111. The molecule has 5 rings (SSSR count). The molecular weight excluding hydrogens is 398 g/mol. The second-order valence-corrected chi connectivity index (χ2v) is 8.39. The van der Waals surface area contributed by atoms with E-state index in [1.807, 2.05) is 47.9 Å². The van der Waals surface area contributed by atoms with Gasteiger partial charge in [-0.25, -0.2) is 15.0 Å². The van der Waals surface area contributed by atoms with Gasteiger partial charge in [0.1, 0.15) is 17.0 Å². The van der Waals surface area contributed by atoms with Gasteiger partial charge in [0.15, 0.2) is 4.96 Å². The third kappa shape index (κ3) is 3.54. The van der Waals surface area contributed by atoms with Gasteiger partial charge in [-0.2, -0.15) is 0 Å². The van der Waals surface area contributed by atoms with E-state index in [1.54, 1.807) is 13.4 Å². The maximum Gasteiger partial charge on any atom is 0.263 e. The van der Waals surface area contributed by atoms with Crippen molar-refractivity contribution >= 4 is 22.2 Å². The van der Waals surface area contributed by atoms with Gasteiger partial charge in [-0.3, -0.25) is 9.20 Å². The van der Waals surface area contributed by atoms with Crippen molar-refractivity contribution in [2.24, 2.45) is 0 Å². The summed E-state index contributed by atoms with van der Waals surface area (Å²) < 4.78 is 7.18. The number of imidazole rings is 1. The van der Waals surface area contributed by atoms with E-state index >= 15 is 0 Å². The van der Waals surface area contributed by atoms with Crippen LogP contribution in [0.4, 0.5) is 0 Å². The standard InChI is InChI=1S/C22H21N5O2S/c1-13-20(21(28)23-10-16-9-18(14-3-4-14)25-12-24-16)30-22-26-19(11-27(13)22)15-5-7-17(29-2)8-6-15/h5-9,11-12,14H,3-4,10H2,1-2H3,(H,23,28). The Labute approximate surface area is 177 Å². The van der Waals surface area contributed by atoms with Crippen molar-refractivity contribution in [3.05, 3.63) is 64.8 Å². The predicted molar refractivity (Wildman–Crippen MR) is 115 cm³/mol. The number of methoxy groups -OCH3 is 1. The molecule has 1 aliphatic carbocycles. The maximum absolute atomic E-state index is 12.8. The van der Waals surface area contributed by atoms with Crippen LogP contribution >= 0.6 is 11.3 Å². The Hall–Kier alpha value is -3.26. The third-order valence-corrected chi connectivity index (χ3v) is 6.47. The molecule has 0 aliphatic heterocycles. The Bertz CT molecular complexity index is 1220. The highest BCUT2D eigenvalue weighted by atomic mass is 32.1. The molecule has 1 amide bonds. The summed E-state index contributed by atoms with van der Waals surface area (Å²) in [4.78, 5) is 27.5. The number of rotatable bonds is 6. The molecule has 4 aromatic rings. The third-order valence-electron chi connectivity index (χ3n) is 5.32. The van der Waals surface area contributed by atoms with Crippen molar-refractivity contribution < 1.29 is 9.53 Å². The van der Waals surface area contributed by atoms with E-state index in [4.69, 9.17) is 9.72 Å². The molecule has 0 spiro atoms. The van der Waals surface area contributed by atoms with Crippen molar-refractivity contribution in [3.8, 4) is 17.0 Å². The number of carbonyl (C=O) groups is 1. The maximum atomic E-state index is 12.8. The molecule has 1 fully saturated rings. The Morgan fingerprint density at radius 2 is 2.07 bits per heavy atom.